The van der Waals surface area contributed by atoms with E-state index in [9.17, 15) is 9.59 Å². The summed E-state index contributed by atoms with van der Waals surface area (Å²) in [6.45, 7) is 1.72. The number of nitrogens with zero attached hydrogens (tertiary/aromatic N) is 2. The van der Waals surface area contributed by atoms with Gasteiger partial charge in [0.25, 0.3) is 0 Å². The third kappa shape index (κ3) is 4.56. The van der Waals surface area contributed by atoms with E-state index in [0.29, 0.717) is 31.8 Å². The van der Waals surface area contributed by atoms with Crippen LogP contribution in [0.2, 0.25) is 0 Å². The van der Waals surface area contributed by atoms with E-state index in [1.807, 2.05) is 36.4 Å². The number of hydrogen-bond donors (Lipinski definition) is 2. The van der Waals surface area contributed by atoms with Gasteiger partial charge in [-0.1, -0.05) is 30.3 Å². The maximum atomic E-state index is 11.9. The summed E-state index contributed by atoms with van der Waals surface area (Å²) >= 11 is 0. The molecule has 0 fully saturated rings. The summed E-state index contributed by atoms with van der Waals surface area (Å²) < 4.78 is 5.89. The molecule has 2 aliphatic rings. The lowest BCUT2D eigenvalue weighted by Gasteiger charge is -2.27. The molecule has 2 N–H and O–H groups in total. The third-order valence-corrected chi connectivity index (χ3v) is 5.02. The van der Waals surface area contributed by atoms with Crippen LogP contribution in [-0.4, -0.2) is 36.3 Å². The quantitative estimate of drug-likeness (QED) is 0.676. The van der Waals surface area contributed by atoms with Gasteiger partial charge in [-0.05, 0) is 24.5 Å². The van der Waals surface area contributed by atoms with E-state index in [1.54, 1.807) is 12.4 Å². The number of aromatic amines is 1. The Morgan fingerprint density at radius 2 is 2.10 bits per heavy atom. The Labute approximate surface area is 169 Å². The molecule has 7 heteroatoms. The van der Waals surface area contributed by atoms with Crippen LogP contribution in [0.3, 0.4) is 0 Å². The number of amides is 1. The Hall–Kier alpha value is -3.35. The van der Waals surface area contributed by atoms with Crippen LogP contribution in [-0.2, 0) is 16.1 Å². The molecule has 1 aromatic carbocycles. The molecule has 150 valence electrons. The van der Waals surface area contributed by atoms with Crippen LogP contribution in [0.15, 0.2) is 64.2 Å². The Kier molecular flexibility index (Phi) is 5.74. The van der Waals surface area contributed by atoms with Crippen molar-refractivity contribution in [1.29, 1.82) is 0 Å². The smallest absolute Gasteiger partial charge is 0.220 e. The number of aliphatic imine (C=N–C) groups is 1. The molecule has 0 saturated carbocycles. The number of rotatable bonds is 8. The lowest BCUT2D eigenvalue weighted by molar-refractivity contribution is -0.121. The van der Waals surface area contributed by atoms with Crippen LogP contribution in [0.1, 0.15) is 24.8 Å². The molecular weight excluding hydrogens is 368 g/mol. The van der Waals surface area contributed by atoms with Gasteiger partial charge in [-0.3, -0.25) is 14.6 Å². The number of pyridine rings is 1. The molecule has 0 aliphatic carbocycles. The van der Waals surface area contributed by atoms with Crippen molar-refractivity contribution in [2.45, 2.75) is 31.8 Å². The second kappa shape index (κ2) is 8.77. The topological polar surface area (TPSA) is 86.8 Å². The Morgan fingerprint density at radius 1 is 1.24 bits per heavy atom. The number of unbranched alkanes of at least 4 members (excludes halogenated alkanes) is 1. The lowest BCUT2D eigenvalue weighted by atomic mass is 10.2. The highest BCUT2D eigenvalue weighted by Crippen LogP contribution is 2.32. The van der Waals surface area contributed by atoms with E-state index >= 15 is 0 Å². The zero-order valence-corrected chi connectivity index (χ0v) is 16.1. The Bertz CT molecular complexity index is 981. The lowest BCUT2D eigenvalue weighted by Crippen LogP contribution is -2.35. The third-order valence-electron chi connectivity index (χ3n) is 5.02. The van der Waals surface area contributed by atoms with Crippen LogP contribution in [0.4, 0.5) is 11.5 Å². The van der Waals surface area contributed by atoms with E-state index in [0.717, 1.165) is 30.0 Å². The molecule has 1 atom stereocenters. The zero-order valence-electron chi connectivity index (χ0n) is 16.1. The molecule has 0 spiro atoms. The molecule has 1 unspecified atom stereocenters. The molecule has 0 radical (unpaired) electrons. The first-order chi connectivity index (χ1) is 14.2. The van der Waals surface area contributed by atoms with E-state index < -0.39 is 0 Å². The van der Waals surface area contributed by atoms with Crippen molar-refractivity contribution in [3.8, 4) is 0 Å². The predicted molar refractivity (Wildman–Crippen MR) is 113 cm³/mol. The summed E-state index contributed by atoms with van der Waals surface area (Å²) in [5.41, 5.74) is 1.45. The summed E-state index contributed by atoms with van der Waals surface area (Å²) in [6, 6.07) is 11.4. The number of hydrogen-bond acceptors (Lipinski definition) is 5. The number of benzene rings is 1. The first-order valence-corrected chi connectivity index (χ1v) is 9.87. The van der Waals surface area contributed by atoms with E-state index in [4.69, 9.17) is 4.74 Å². The van der Waals surface area contributed by atoms with Gasteiger partial charge in [0.2, 0.25) is 11.3 Å². The first kappa shape index (κ1) is 19.0. The number of anilines is 1. The Morgan fingerprint density at radius 3 is 2.97 bits per heavy atom. The highest BCUT2D eigenvalue weighted by molar-refractivity contribution is 5.85. The number of H-pyrrole nitrogens is 1. The van der Waals surface area contributed by atoms with E-state index in [-0.39, 0.29) is 17.4 Å². The molecule has 1 amide bonds. The fraction of sp³-hybridized carbons (Fsp3) is 0.318. The summed E-state index contributed by atoms with van der Waals surface area (Å²) in [5.74, 6) is 1.66. The largest absolute Gasteiger partial charge is 0.496 e. The van der Waals surface area contributed by atoms with Gasteiger partial charge in [-0.25, -0.2) is 0 Å². The van der Waals surface area contributed by atoms with Crippen molar-refractivity contribution in [2.24, 2.45) is 4.99 Å². The van der Waals surface area contributed by atoms with Crippen LogP contribution >= 0.6 is 0 Å². The minimum absolute atomic E-state index is 0.000635. The molecule has 2 aliphatic heterocycles. The number of carbonyl (C=O) groups excluding carboxylic acids is 1. The zero-order chi connectivity index (χ0) is 20.1. The SMILES string of the molecule is O=C(CCCCOC1=CC2C=Nc3c([nH]ccc3=O)N2C1)NCc1ccccc1. The fourth-order valence-corrected chi connectivity index (χ4v) is 3.48. The van der Waals surface area contributed by atoms with Gasteiger partial charge in [-0.15, -0.1) is 0 Å². The highest BCUT2D eigenvalue weighted by atomic mass is 16.5. The molecular formula is C22H24N4O3. The molecule has 7 nitrogen and oxygen atoms in total. The van der Waals surface area contributed by atoms with E-state index in [2.05, 4.69) is 20.2 Å². The first-order valence-electron chi connectivity index (χ1n) is 9.87. The molecule has 0 saturated heterocycles. The average molecular weight is 392 g/mol. The van der Waals surface area contributed by atoms with Crippen LogP contribution in [0, 0.1) is 0 Å². The highest BCUT2D eigenvalue weighted by Gasteiger charge is 2.30. The molecule has 4 rings (SSSR count). The molecule has 0 bridgehead atoms. The molecule has 29 heavy (non-hydrogen) atoms. The standard InChI is InChI=1S/C22H24N4O3/c27-19-9-10-23-22-21(19)25-14-17-12-18(15-26(17)22)29-11-5-4-8-20(28)24-13-16-6-2-1-3-7-16/h1-3,6-7,9-10,12,14,17H,4-5,8,11,13,15H2,(H,23,27)(H,24,28). The van der Waals surface area contributed by atoms with Gasteiger partial charge >= 0.3 is 0 Å². The summed E-state index contributed by atoms with van der Waals surface area (Å²) in [5, 5.41) is 2.94. The Balaban J connectivity index is 1.16. The van der Waals surface area contributed by atoms with Gasteiger partial charge in [0, 0.05) is 31.4 Å². The van der Waals surface area contributed by atoms with Gasteiger partial charge in [0.15, 0.2) is 5.69 Å². The maximum absolute atomic E-state index is 11.9. The second-order valence-corrected chi connectivity index (χ2v) is 7.14. The normalized spacial score (nSPS) is 16.8. The number of nitrogens with one attached hydrogen (secondary N) is 2. The van der Waals surface area contributed by atoms with Crippen molar-refractivity contribution in [3.63, 3.8) is 0 Å². The summed E-state index contributed by atoms with van der Waals surface area (Å²) in [7, 11) is 0. The van der Waals surface area contributed by atoms with Gasteiger partial charge in [0.1, 0.15) is 11.6 Å². The van der Waals surface area contributed by atoms with Crippen molar-refractivity contribution >= 4 is 23.6 Å². The second-order valence-electron chi connectivity index (χ2n) is 7.14. The molecule has 2 aromatic rings. The van der Waals surface area contributed by atoms with Gasteiger partial charge < -0.3 is 19.9 Å². The van der Waals surface area contributed by atoms with Crippen LogP contribution in [0.25, 0.3) is 0 Å². The number of aromatic nitrogens is 1. The maximum Gasteiger partial charge on any atom is 0.220 e. The average Bonchev–Trinajstić information content (AvgIpc) is 3.16. The number of fused-ring (bicyclic) bond motifs is 3. The van der Waals surface area contributed by atoms with Crippen molar-refractivity contribution < 1.29 is 9.53 Å². The van der Waals surface area contributed by atoms with Gasteiger partial charge in [0.05, 0.1) is 19.2 Å². The monoisotopic (exact) mass is 392 g/mol. The van der Waals surface area contributed by atoms with Crippen molar-refractivity contribution in [1.82, 2.24) is 10.3 Å². The fourth-order valence-electron chi connectivity index (χ4n) is 3.48. The minimum atomic E-state index is -0.0895. The van der Waals surface area contributed by atoms with Crippen molar-refractivity contribution in [3.05, 3.63) is 70.2 Å². The van der Waals surface area contributed by atoms with Crippen molar-refractivity contribution in [2.75, 3.05) is 18.1 Å². The molecule has 3 heterocycles. The molecule has 1 aromatic heterocycles. The minimum Gasteiger partial charge on any atom is -0.496 e. The summed E-state index contributed by atoms with van der Waals surface area (Å²) in [6.07, 6.45) is 7.50. The number of carbonyl (C=O) groups is 1. The number of ether oxygens (including phenoxy) is 1. The predicted octanol–water partition coefficient (Wildman–Crippen LogP) is 2.67. The van der Waals surface area contributed by atoms with Gasteiger partial charge in [-0.2, -0.15) is 0 Å². The van der Waals surface area contributed by atoms with Crippen LogP contribution in [0.5, 0.6) is 0 Å². The van der Waals surface area contributed by atoms with E-state index in [1.165, 1.54) is 6.07 Å². The summed E-state index contributed by atoms with van der Waals surface area (Å²) in [4.78, 5) is 33.3. The van der Waals surface area contributed by atoms with Crippen LogP contribution < -0.4 is 15.6 Å².